The maximum atomic E-state index is 13.7. The van der Waals surface area contributed by atoms with E-state index in [1.54, 1.807) is 44.7 Å². The first-order valence-corrected chi connectivity index (χ1v) is 17.8. The van der Waals surface area contributed by atoms with Crippen molar-refractivity contribution in [2.24, 2.45) is 5.92 Å². The van der Waals surface area contributed by atoms with E-state index >= 15 is 0 Å². The summed E-state index contributed by atoms with van der Waals surface area (Å²) in [7, 11) is 0. The van der Waals surface area contributed by atoms with Crippen molar-refractivity contribution in [1.29, 1.82) is 0 Å². The van der Waals surface area contributed by atoms with E-state index in [2.05, 4.69) is 4.98 Å². The van der Waals surface area contributed by atoms with Crippen molar-refractivity contribution in [3.05, 3.63) is 92.6 Å². The molecule has 4 heterocycles. The van der Waals surface area contributed by atoms with Crippen LogP contribution in [0.2, 0.25) is 10.2 Å². The molecule has 3 fully saturated rings. The Balaban J connectivity index is 1.07. The Hall–Kier alpha value is -3.90. The molecule has 13 heteroatoms. The maximum absolute atomic E-state index is 13.7. The van der Waals surface area contributed by atoms with Crippen LogP contribution in [-0.4, -0.2) is 84.6 Å². The fourth-order valence-electron chi connectivity index (χ4n) is 6.90. The van der Waals surface area contributed by atoms with E-state index in [0.29, 0.717) is 77.5 Å². The highest BCUT2D eigenvalue weighted by Crippen LogP contribution is 2.39. The summed E-state index contributed by atoms with van der Waals surface area (Å²) in [5.74, 6) is 0.361. The number of morpholine rings is 1. The molecule has 7 rings (SSSR count). The molecule has 0 spiro atoms. The van der Waals surface area contributed by atoms with E-state index in [-0.39, 0.29) is 36.3 Å². The standard InChI is InChI=1S/C37H41Cl2N5O6/c1-36(2,3)50-35(47)43-19-30(24-4-5-24)49-20-29(43)23-8-12-27(13-9-23)44-31(39)18-28-32(44)40-22-42(34(28)46)21-37(48)14-16-41(17-15-37)33(45)25-6-10-26(38)11-7-25/h6-13,18,22,24,29-30,48H,4-5,14-17,19-21H2,1-3H3/t29-,30+/m0/s1. The lowest BCUT2D eigenvalue weighted by Gasteiger charge is -2.40. The molecule has 0 unspecified atom stereocenters. The van der Waals surface area contributed by atoms with Gasteiger partial charge >= 0.3 is 6.09 Å². The number of carbonyl (C=O) groups is 2. The second-order valence-electron chi connectivity index (χ2n) is 14.7. The Morgan fingerprint density at radius 3 is 2.36 bits per heavy atom. The van der Waals surface area contributed by atoms with Gasteiger partial charge in [-0.05, 0) is 100 Å². The van der Waals surface area contributed by atoms with Crippen LogP contribution < -0.4 is 5.56 Å². The molecule has 2 aliphatic heterocycles. The molecular formula is C37H41Cl2N5O6. The molecule has 0 bridgehead atoms. The summed E-state index contributed by atoms with van der Waals surface area (Å²) in [4.78, 5) is 48.0. The molecule has 3 aliphatic rings. The van der Waals surface area contributed by atoms with Gasteiger partial charge in [0.25, 0.3) is 11.5 Å². The van der Waals surface area contributed by atoms with Crippen LogP contribution in [0.1, 0.15) is 68.4 Å². The van der Waals surface area contributed by atoms with E-state index < -0.39 is 11.2 Å². The number of aliphatic hydroxyl groups is 1. The third kappa shape index (κ3) is 7.14. The van der Waals surface area contributed by atoms with Gasteiger partial charge in [-0.2, -0.15) is 0 Å². The molecule has 11 nitrogen and oxygen atoms in total. The van der Waals surface area contributed by atoms with Crippen molar-refractivity contribution in [2.75, 3.05) is 26.2 Å². The molecule has 264 valence electrons. The molecule has 2 atom stereocenters. The second-order valence-corrected chi connectivity index (χ2v) is 15.5. The number of likely N-dealkylation sites (tertiary alicyclic amines) is 1. The number of fused-ring (bicyclic) bond motifs is 1. The number of carbonyl (C=O) groups excluding carboxylic acids is 2. The molecule has 1 N–H and O–H groups in total. The summed E-state index contributed by atoms with van der Waals surface area (Å²) in [6, 6.07) is 15.6. The zero-order valence-electron chi connectivity index (χ0n) is 28.3. The van der Waals surface area contributed by atoms with Gasteiger partial charge in [0.05, 0.1) is 42.8 Å². The van der Waals surface area contributed by atoms with E-state index in [1.807, 2.05) is 45.0 Å². The van der Waals surface area contributed by atoms with Crippen LogP contribution >= 0.6 is 23.2 Å². The Bertz CT molecular complexity index is 1960. The lowest BCUT2D eigenvalue weighted by atomic mass is 9.91. The minimum absolute atomic E-state index is 0.0102. The number of hydrogen-bond donors (Lipinski definition) is 1. The molecule has 2 aromatic heterocycles. The topological polar surface area (TPSA) is 119 Å². The summed E-state index contributed by atoms with van der Waals surface area (Å²) in [5, 5.41) is 12.6. The maximum Gasteiger partial charge on any atom is 0.410 e. The van der Waals surface area contributed by atoms with Gasteiger partial charge in [-0.1, -0.05) is 35.3 Å². The summed E-state index contributed by atoms with van der Waals surface area (Å²) in [6.45, 7) is 7.17. The van der Waals surface area contributed by atoms with Gasteiger partial charge in [-0.3, -0.25) is 23.6 Å². The average molecular weight is 723 g/mol. The van der Waals surface area contributed by atoms with Gasteiger partial charge in [0.15, 0.2) is 5.65 Å². The van der Waals surface area contributed by atoms with E-state index in [4.69, 9.17) is 32.7 Å². The summed E-state index contributed by atoms with van der Waals surface area (Å²) in [6.07, 6.45) is 3.93. The summed E-state index contributed by atoms with van der Waals surface area (Å²) >= 11 is 12.7. The monoisotopic (exact) mass is 721 g/mol. The lowest BCUT2D eigenvalue weighted by Crippen LogP contribution is -2.49. The highest BCUT2D eigenvalue weighted by Gasteiger charge is 2.42. The summed E-state index contributed by atoms with van der Waals surface area (Å²) < 4.78 is 15.1. The van der Waals surface area contributed by atoms with Gasteiger partial charge in [0.1, 0.15) is 17.1 Å². The zero-order chi connectivity index (χ0) is 35.4. The highest BCUT2D eigenvalue weighted by molar-refractivity contribution is 6.31. The number of aromatic nitrogens is 3. The molecule has 2 amide bonds. The molecule has 50 heavy (non-hydrogen) atoms. The third-order valence-corrected chi connectivity index (χ3v) is 10.3. The van der Waals surface area contributed by atoms with E-state index in [0.717, 1.165) is 18.4 Å². The predicted octanol–water partition coefficient (Wildman–Crippen LogP) is 6.25. The Morgan fingerprint density at radius 2 is 1.72 bits per heavy atom. The van der Waals surface area contributed by atoms with Crippen molar-refractivity contribution >= 4 is 46.2 Å². The van der Waals surface area contributed by atoms with Crippen LogP contribution in [0.3, 0.4) is 0 Å². The quantitative estimate of drug-likeness (QED) is 0.250. The number of amides is 2. The van der Waals surface area contributed by atoms with Crippen molar-refractivity contribution in [1.82, 2.24) is 23.9 Å². The van der Waals surface area contributed by atoms with Crippen LogP contribution in [0.15, 0.2) is 65.7 Å². The molecular weight excluding hydrogens is 681 g/mol. The Labute approximate surface area is 300 Å². The minimum atomic E-state index is -1.19. The number of rotatable bonds is 6. The molecule has 1 aliphatic carbocycles. The van der Waals surface area contributed by atoms with Crippen LogP contribution in [0, 0.1) is 5.92 Å². The lowest BCUT2D eigenvalue weighted by molar-refractivity contribution is -0.0780. The van der Waals surface area contributed by atoms with Crippen molar-refractivity contribution in [3.63, 3.8) is 0 Å². The Kier molecular flexibility index (Phi) is 9.21. The van der Waals surface area contributed by atoms with E-state index in [9.17, 15) is 19.5 Å². The number of nitrogens with zero attached hydrogens (tertiary/aromatic N) is 5. The van der Waals surface area contributed by atoms with Gasteiger partial charge in [-0.15, -0.1) is 0 Å². The molecule has 1 saturated carbocycles. The number of halogens is 2. The first-order chi connectivity index (χ1) is 23.8. The van der Waals surface area contributed by atoms with Crippen LogP contribution in [0.4, 0.5) is 4.79 Å². The normalized spacial score (nSPS) is 21.0. The van der Waals surface area contributed by atoms with Gasteiger partial charge in [0, 0.05) is 29.4 Å². The predicted molar refractivity (Wildman–Crippen MR) is 190 cm³/mol. The fourth-order valence-corrected chi connectivity index (χ4v) is 7.31. The van der Waals surface area contributed by atoms with Crippen molar-refractivity contribution < 1.29 is 24.2 Å². The first kappa shape index (κ1) is 34.5. The molecule has 0 radical (unpaired) electrons. The van der Waals surface area contributed by atoms with Crippen molar-refractivity contribution in [2.45, 2.75) is 76.3 Å². The van der Waals surface area contributed by atoms with Crippen LogP contribution in [0.25, 0.3) is 16.7 Å². The number of benzene rings is 2. The van der Waals surface area contributed by atoms with Crippen LogP contribution in [0.5, 0.6) is 0 Å². The van der Waals surface area contributed by atoms with Gasteiger partial charge in [0.2, 0.25) is 0 Å². The molecule has 2 saturated heterocycles. The minimum Gasteiger partial charge on any atom is -0.444 e. The van der Waals surface area contributed by atoms with E-state index in [1.165, 1.54) is 10.9 Å². The number of ether oxygens (including phenoxy) is 2. The molecule has 4 aromatic rings. The van der Waals surface area contributed by atoms with Crippen molar-refractivity contribution in [3.8, 4) is 5.69 Å². The third-order valence-electron chi connectivity index (χ3n) is 9.81. The zero-order valence-corrected chi connectivity index (χ0v) is 29.9. The molecule has 2 aromatic carbocycles. The summed E-state index contributed by atoms with van der Waals surface area (Å²) in [5.41, 5.74) is 0.394. The fraction of sp³-hybridized carbons (Fsp3) is 0.459. The Morgan fingerprint density at radius 1 is 1.04 bits per heavy atom. The van der Waals surface area contributed by atoms with Crippen LogP contribution in [-0.2, 0) is 16.0 Å². The smallest absolute Gasteiger partial charge is 0.410 e. The number of piperidine rings is 1. The van der Waals surface area contributed by atoms with Gasteiger partial charge in [-0.25, -0.2) is 9.78 Å². The average Bonchev–Trinajstić information content (AvgIpc) is 3.88. The highest BCUT2D eigenvalue weighted by atomic mass is 35.5. The van der Waals surface area contributed by atoms with Gasteiger partial charge < -0.3 is 19.5 Å². The first-order valence-electron chi connectivity index (χ1n) is 17.0. The second kappa shape index (κ2) is 13.3. The number of hydrogen-bond acceptors (Lipinski definition) is 7. The SMILES string of the molecule is CC(C)(C)OC(=O)N1C[C@H](C2CC2)OC[C@H]1c1ccc(-n2c(Cl)cc3c(=O)n(CC4(O)CCN(C(=O)c5ccc(Cl)cc5)CC4)cnc32)cc1. The largest absolute Gasteiger partial charge is 0.444 e.